The van der Waals surface area contributed by atoms with Crippen LogP contribution in [0.25, 0.3) is 22.7 Å². The van der Waals surface area contributed by atoms with E-state index in [9.17, 15) is 9.59 Å². The van der Waals surface area contributed by atoms with E-state index in [4.69, 9.17) is 13.9 Å². The van der Waals surface area contributed by atoms with Crippen LogP contribution in [0, 0.1) is 0 Å². The van der Waals surface area contributed by atoms with Crippen LogP contribution < -0.4 is 20.3 Å². The van der Waals surface area contributed by atoms with E-state index >= 15 is 0 Å². The highest BCUT2D eigenvalue weighted by Crippen LogP contribution is 2.27. The van der Waals surface area contributed by atoms with E-state index in [0.717, 1.165) is 10.2 Å². The molecule has 0 aliphatic carbocycles. The quantitative estimate of drug-likeness (QED) is 0.388. The summed E-state index contributed by atoms with van der Waals surface area (Å²) in [5.41, 5.74) is 1.46. The van der Waals surface area contributed by atoms with Crippen molar-refractivity contribution in [1.29, 1.82) is 0 Å². The molecule has 0 atom stereocenters. The number of nitrogens with one attached hydrogen (secondary N) is 1. The number of furan rings is 1. The fourth-order valence-electron chi connectivity index (χ4n) is 3.05. The van der Waals surface area contributed by atoms with Gasteiger partial charge in [0.15, 0.2) is 5.76 Å². The number of rotatable bonds is 9. The average molecular weight is 447 g/mol. The minimum Gasteiger partial charge on any atom is -0.496 e. The van der Waals surface area contributed by atoms with Gasteiger partial charge >= 0.3 is 0 Å². The summed E-state index contributed by atoms with van der Waals surface area (Å²) in [5, 5.41) is 15.0. The largest absolute Gasteiger partial charge is 0.496 e. The average Bonchev–Trinajstić information content (AvgIpc) is 3.39. The predicted octanol–water partition coefficient (Wildman–Crippen LogP) is 2.16. The van der Waals surface area contributed by atoms with E-state index < -0.39 is 0 Å². The third-order valence-electron chi connectivity index (χ3n) is 4.63. The van der Waals surface area contributed by atoms with Gasteiger partial charge in [-0.1, -0.05) is 12.1 Å². The molecular formula is C23H21N5O5. The molecule has 168 valence electrons. The minimum atomic E-state index is -0.382. The minimum absolute atomic E-state index is 0.185. The van der Waals surface area contributed by atoms with Crippen molar-refractivity contribution in [3.8, 4) is 34.3 Å². The number of amides is 1. The van der Waals surface area contributed by atoms with Crippen molar-refractivity contribution in [3.63, 3.8) is 0 Å². The number of ether oxygens (including phenoxy) is 2. The Morgan fingerprint density at radius 3 is 2.64 bits per heavy atom. The number of methoxy groups -OCH3 is 1. The Kier molecular flexibility index (Phi) is 6.74. The molecule has 10 nitrogen and oxygen atoms in total. The van der Waals surface area contributed by atoms with E-state index in [1.165, 1.54) is 6.07 Å². The van der Waals surface area contributed by atoms with Crippen LogP contribution in [-0.4, -0.2) is 46.1 Å². The fourth-order valence-corrected chi connectivity index (χ4v) is 3.05. The molecule has 0 spiro atoms. The van der Waals surface area contributed by atoms with Gasteiger partial charge in [0.2, 0.25) is 11.8 Å². The molecule has 4 aromatic rings. The molecule has 0 bridgehead atoms. The summed E-state index contributed by atoms with van der Waals surface area (Å²) in [6, 6.07) is 17.2. The molecular weight excluding hydrogens is 426 g/mol. The molecule has 1 aromatic carbocycles. The highest BCUT2D eigenvalue weighted by molar-refractivity contribution is 5.75. The maximum absolute atomic E-state index is 12.3. The number of para-hydroxylation sites is 1. The summed E-state index contributed by atoms with van der Waals surface area (Å²) in [7, 11) is 1.56. The van der Waals surface area contributed by atoms with E-state index in [0.29, 0.717) is 28.8 Å². The van der Waals surface area contributed by atoms with Crippen molar-refractivity contribution in [2.75, 3.05) is 20.3 Å². The highest BCUT2D eigenvalue weighted by Gasteiger charge is 2.11. The molecule has 33 heavy (non-hydrogen) atoms. The summed E-state index contributed by atoms with van der Waals surface area (Å²) in [5.74, 6) is 1.18. The van der Waals surface area contributed by atoms with Gasteiger partial charge in [-0.2, -0.15) is 5.10 Å². The number of aromatic nitrogens is 4. The lowest BCUT2D eigenvalue weighted by molar-refractivity contribution is -0.122. The molecule has 0 radical (unpaired) electrons. The zero-order valence-electron chi connectivity index (χ0n) is 17.8. The van der Waals surface area contributed by atoms with Gasteiger partial charge in [-0.3, -0.25) is 9.59 Å². The number of nitrogens with zero attached hydrogens (tertiary/aromatic N) is 4. The summed E-state index contributed by atoms with van der Waals surface area (Å²) >= 11 is 0. The van der Waals surface area contributed by atoms with Crippen molar-refractivity contribution in [1.82, 2.24) is 25.3 Å². The van der Waals surface area contributed by atoms with E-state index in [1.807, 2.05) is 18.2 Å². The van der Waals surface area contributed by atoms with Gasteiger partial charge in [0.1, 0.15) is 24.6 Å². The zero-order chi connectivity index (χ0) is 23.0. The molecule has 0 saturated heterocycles. The first-order valence-electron chi connectivity index (χ1n) is 10.1. The van der Waals surface area contributed by atoms with Gasteiger partial charge in [0.25, 0.3) is 5.56 Å². The lowest BCUT2D eigenvalue weighted by Crippen LogP contribution is -2.35. The molecule has 0 saturated carbocycles. The van der Waals surface area contributed by atoms with Gasteiger partial charge in [0, 0.05) is 17.7 Å². The second-order valence-corrected chi connectivity index (χ2v) is 6.85. The number of carbonyl (C=O) groups excluding carboxylic acids is 1. The Morgan fingerprint density at radius 2 is 1.88 bits per heavy atom. The Bertz CT molecular complexity index is 1270. The van der Waals surface area contributed by atoms with Crippen LogP contribution >= 0.6 is 0 Å². The smallest absolute Gasteiger partial charge is 0.267 e. The van der Waals surface area contributed by atoms with Crippen molar-refractivity contribution >= 4 is 5.91 Å². The van der Waals surface area contributed by atoms with Gasteiger partial charge in [-0.05, 0) is 36.4 Å². The van der Waals surface area contributed by atoms with Crippen molar-refractivity contribution < 1.29 is 18.7 Å². The van der Waals surface area contributed by atoms with Crippen molar-refractivity contribution in [2.45, 2.75) is 6.54 Å². The zero-order valence-corrected chi connectivity index (χ0v) is 17.8. The summed E-state index contributed by atoms with van der Waals surface area (Å²) in [6.07, 6.45) is 1.56. The standard InChI is InChI=1S/C23H21N5O5/c1-31-19-6-3-2-5-16(19)17-9-11-23(30)28(27-17)15-21(29)24-12-14-33-22-10-8-18(25-26-22)20-7-4-13-32-20/h2-11,13H,12,14-15H2,1H3,(H,24,29). The van der Waals surface area contributed by atoms with Crippen molar-refractivity contribution in [3.05, 3.63) is 77.3 Å². The number of carbonyl (C=O) groups is 1. The van der Waals surface area contributed by atoms with E-state index in [1.54, 1.807) is 49.8 Å². The van der Waals surface area contributed by atoms with Crippen LogP contribution in [0.1, 0.15) is 0 Å². The molecule has 0 aliphatic rings. The van der Waals surface area contributed by atoms with Gasteiger partial charge in [0.05, 0.1) is 25.6 Å². The normalized spacial score (nSPS) is 10.6. The Morgan fingerprint density at radius 1 is 1.03 bits per heavy atom. The molecule has 0 fully saturated rings. The number of hydrogen-bond donors (Lipinski definition) is 1. The summed E-state index contributed by atoms with van der Waals surface area (Å²) in [4.78, 5) is 24.5. The maximum Gasteiger partial charge on any atom is 0.267 e. The second-order valence-electron chi connectivity index (χ2n) is 6.85. The van der Waals surface area contributed by atoms with E-state index in [2.05, 4.69) is 20.6 Å². The van der Waals surface area contributed by atoms with Crippen LogP contribution in [0.2, 0.25) is 0 Å². The molecule has 4 rings (SSSR count). The second kappa shape index (κ2) is 10.2. The van der Waals surface area contributed by atoms with Crippen LogP contribution in [0.3, 0.4) is 0 Å². The summed E-state index contributed by atoms with van der Waals surface area (Å²) in [6.45, 7) is 0.185. The van der Waals surface area contributed by atoms with Crippen LogP contribution in [0.15, 0.2) is 76.1 Å². The monoisotopic (exact) mass is 447 g/mol. The third-order valence-corrected chi connectivity index (χ3v) is 4.63. The molecule has 0 aliphatic heterocycles. The SMILES string of the molecule is COc1ccccc1-c1ccc(=O)n(CC(=O)NCCOc2ccc(-c3ccco3)nn2)n1. The first-order valence-corrected chi connectivity index (χ1v) is 10.1. The fraction of sp³-hybridized carbons (Fsp3) is 0.174. The summed E-state index contributed by atoms with van der Waals surface area (Å²) < 4.78 is 17.2. The lowest BCUT2D eigenvalue weighted by atomic mass is 10.1. The molecule has 3 aromatic heterocycles. The van der Waals surface area contributed by atoms with Crippen molar-refractivity contribution in [2.24, 2.45) is 0 Å². The molecule has 10 heteroatoms. The molecule has 1 amide bonds. The van der Waals surface area contributed by atoms with Crippen LogP contribution in [0.4, 0.5) is 0 Å². The van der Waals surface area contributed by atoms with Crippen LogP contribution in [-0.2, 0) is 11.3 Å². The maximum atomic E-state index is 12.3. The van der Waals surface area contributed by atoms with Gasteiger partial charge < -0.3 is 19.2 Å². The Labute approximate surface area is 188 Å². The third kappa shape index (κ3) is 5.42. The molecule has 3 heterocycles. The molecule has 0 unspecified atom stereocenters. The van der Waals surface area contributed by atoms with Gasteiger partial charge in [-0.25, -0.2) is 4.68 Å². The Balaban J connectivity index is 1.30. The lowest BCUT2D eigenvalue weighted by Gasteiger charge is -2.10. The topological polar surface area (TPSA) is 121 Å². The molecule has 1 N–H and O–H groups in total. The number of hydrogen-bond acceptors (Lipinski definition) is 8. The number of benzene rings is 1. The Hall–Kier alpha value is -4.47. The predicted molar refractivity (Wildman–Crippen MR) is 119 cm³/mol. The first-order chi connectivity index (χ1) is 16.1. The van der Waals surface area contributed by atoms with E-state index in [-0.39, 0.29) is 31.2 Å². The first kappa shape index (κ1) is 21.8. The van der Waals surface area contributed by atoms with Crippen LogP contribution in [0.5, 0.6) is 11.6 Å². The highest BCUT2D eigenvalue weighted by atomic mass is 16.5. The van der Waals surface area contributed by atoms with Gasteiger partial charge in [-0.15, -0.1) is 10.2 Å².